The highest BCUT2D eigenvalue weighted by Crippen LogP contribution is 2.55. The van der Waals surface area contributed by atoms with E-state index in [4.69, 9.17) is 4.42 Å². The monoisotopic (exact) mass is 896 g/mol. The third-order valence-corrected chi connectivity index (χ3v) is 16.0. The molecule has 0 bridgehead atoms. The first-order chi connectivity index (χ1) is 34.2. The fraction of sp³-hybridized carbons (Fsp3) is 0. The van der Waals surface area contributed by atoms with Crippen LogP contribution in [-0.4, -0.2) is 11.3 Å². The van der Waals surface area contributed by atoms with Gasteiger partial charge < -0.3 is 23.7 Å². The average Bonchev–Trinajstić information content (AvgIpc) is 4.09. The topological polar surface area (TPSA) is 27.8 Å². The highest BCUT2D eigenvalue weighted by Gasteiger charge is 2.48. The van der Waals surface area contributed by atoms with Crippen molar-refractivity contribution in [2.45, 2.75) is 0 Å². The Bertz CT molecular complexity index is 4250. The summed E-state index contributed by atoms with van der Waals surface area (Å²) in [6.07, 6.45) is 0. The molecule has 0 aliphatic carbocycles. The lowest BCUT2D eigenvalue weighted by molar-refractivity contribution is 0.669. The van der Waals surface area contributed by atoms with Crippen molar-refractivity contribution < 1.29 is 4.42 Å². The second-order valence-corrected chi connectivity index (χ2v) is 19.5. The number of furan rings is 1. The van der Waals surface area contributed by atoms with Gasteiger partial charge in [-0.05, 0) is 113 Å². The SMILES string of the molecule is c1ccc(-c2ccc3sc4c(c3c2)N(c2ccc3oc5ccccc5c3c2)c2cc(N(c3ccccc3)c3ccccc3)cc3c2B4c2cccc4c2N3c2cccc3c5ccccc5n-4c23)cc1. The van der Waals surface area contributed by atoms with Crippen molar-refractivity contribution in [3.8, 4) is 16.8 Å². The number of nitrogens with zero attached hydrogens (tertiary/aromatic N) is 4. The van der Waals surface area contributed by atoms with E-state index in [1.807, 2.05) is 11.3 Å². The van der Waals surface area contributed by atoms with Crippen molar-refractivity contribution in [2.24, 2.45) is 0 Å². The van der Waals surface area contributed by atoms with E-state index >= 15 is 0 Å². The van der Waals surface area contributed by atoms with Gasteiger partial charge >= 0.3 is 0 Å². The largest absolute Gasteiger partial charge is 0.456 e. The smallest absolute Gasteiger partial charge is 0.264 e. The summed E-state index contributed by atoms with van der Waals surface area (Å²) in [6, 6.07) is 82.5. The Kier molecular flexibility index (Phi) is 7.52. The lowest BCUT2D eigenvalue weighted by Gasteiger charge is -2.46. The molecular formula is C62H37BN4OS. The fourth-order valence-corrected chi connectivity index (χ4v) is 13.3. The first kappa shape index (κ1) is 37.3. The number of para-hydroxylation sites is 6. The van der Waals surface area contributed by atoms with E-state index in [-0.39, 0.29) is 6.71 Å². The van der Waals surface area contributed by atoms with E-state index in [9.17, 15) is 0 Å². The molecular weight excluding hydrogens is 860 g/mol. The summed E-state index contributed by atoms with van der Waals surface area (Å²) >= 11 is 1.94. The molecule has 0 amide bonds. The zero-order chi connectivity index (χ0) is 44.9. The van der Waals surface area contributed by atoms with Gasteiger partial charge in [0, 0.05) is 64.8 Å². The predicted octanol–water partition coefficient (Wildman–Crippen LogP) is 15.4. The van der Waals surface area contributed by atoms with Gasteiger partial charge in [0.05, 0.1) is 39.5 Å². The molecule has 0 spiro atoms. The van der Waals surface area contributed by atoms with Gasteiger partial charge in [0.1, 0.15) is 11.2 Å². The van der Waals surface area contributed by atoms with Crippen molar-refractivity contribution in [1.82, 2.24) is 4.57 Å². The predicted molar refractivity (Wildman–Crippen MR) is 291 cm³/mol. The Morgan fingerprint density at radius 2 is 1.09 bits per heavy atom. The van der Waals surface area contributed by atoms with Crippen LogP contribution in [0.5, 0.6) is 0 Å². The average molecular weight is 897 g/mol. The van der Waals surface area contributed by atoms with Gasteiger partial charge in [-0.3, -0.25) is 0 Å². The van der Waals surface area contributed by atoms with E-state index < -0.39 is 0 Å². The third kappa shape index (κ3) is 5.09. The molecule has 69 heavy (non-hydrogen) atoms. The Hall–Kier alpha value is -8.78. The maximum absolute atomic E-state index is 6.50. The van der Waals surface area contributed by atoms with E-state index in [0.29, 0.717) is 0 Å². The molecule has 6 heterocycles. The molecule has 0 saturated carbocycles. The van der Waals surface area contributed by atoms with E-state index in [0.717, 1.165) is 50.4 Å². The van der Waals surface area contributed by atoms with Crippen molar-refractivity contribution in [3.63, 3.8) is 0 Å². The Labute approximate surface area is 401 Å². The van der Waals surface area contributed by atoms with E-state index in [1.54, 1.807) is 0 Å². The van der Waals surface area contributed by atoms with Crippen LogP contribution in [0.4, 0.5) is 51.2 Å². The molecule has 10 aromatic carbocycles. The van der Waals surface area contributed by atoms with Crippen molar-refractivity contribution in [3.05, 3.63) is 224 Å². The van der Waals surface area contributed by atoms with Crippen LogP contribution in [0.15, 0.2) is 229 Å². The van der Waals surface area contributed by atoms with Crippen LogP contribution in [0.25, 0.3) is 70.6 Å². The van der Waals surface area contributed by atoms with Gasteiger partial charge in [0.15, 0.2) is 0 Å². The van der Waals surface area contributed by atoms with Gasteiger partial charge in [-0.15, -0.1) is 11.3 Å². The number of hydrogen-bond donors (Lipinski definition) is 0. The standard InChI is InChI=1S/C62H37BN4OS/c1-4-16-38(17-5-1)39-30-33-57-48(34-39)60-62(69-57)63-49-25-15-28-52-61(49)67(51-27-14-24-46-44-22-10-12-26-50(44)66(52)59(46)51)54-37-43(64(40-18-6-2-7-19-40)41-20-8-3-9-21-41)36-53(58(54)63)65(60)42-31-32-56-47(35-42)45-23-11-13-29-55(45)68-56/h1-37H. The minimum atomic E-state index is -0.0537. The molecule has 0 atom stereocenters. The summed E-state index contributed by atoms with van der Waals surface area (Å²) in [5, 5.41) is 5.96. The molecule has 13 aromatic rings. The normalized spacial score (nSPS) is 13.1. The highest BCUT2D eigenvalue weighted by molar-refractivity contribution is 7.33. The number of aromatic nitrogens is 1. The Morgan fingerprint density at radius 3 is 1.90 bits per heavy atom. The number of benzene rings is 10. The minimum absolute atomic E-state index is 0.0537. The summed E-state index contributed by atoms with van der Waals surface area (Å²) in [5.41, 5.74) is 20.8. The summed E-state index contributed by atoms with van der Waals surface area (Å²) in [6.45, 7) is -0.0537. The summed E-state index contributed by atoms with van der Waals surface area (Å²) in [4.78, 5) is 7.62. The fourth-order valence-electron chi connectivity index (χ4n) is 12.0. The second-order valence-electron chi connectivity index (χ2n) is 18.4. The number of thiophene rings is 1. The highest BCUT2D eigenvalue weighted by atomic mass is 32.1. The van der Waals surface area contributed by atoms with Crippen LogP contribution >= 0.6 is 11.3 Å². The van der Waals surface area contributed by atoms with Crippen molar-refractivity contribution >= 4 is 139 Å². The third-order valence-electron chi connectivity index (χ3n) is 14.8. The molecule has 0 saturated heterocycles. The first-order valence-electron chi connectivity index (χ1n) is 23.6. The molecule has 320 valence electrons. The summed E-state index contributed by atoms with van der Waals surface area (Å²) in [7, 11) is 0. The van der Waals surface area contributed by atoms with Gasteiger partial charge in [-0.1, -0.05) is 133 Å². The molecule has 0 radical (unpaired) electrons. The number of hydrogen-bond acceptors (Lipinski definition) is 5. The number of rotatable bonds is 5. The lowest BCUT2D eigenvalue weighted by Crippen LogP contribution is -2.61. The zero-order valence-electron chi connectivity index (χ0n) is 37.0. The quantitative estimate of drug-likeness (QED) is 0.161. The van der Waals surface area contributed by atoms with Gasteiger partial charge in [0.25, 0.3) is 6.71 Å². The van der Waals surface area contributed by atoms with Crippen molar-refractivity contribution in [1.29, 1.82) is 0 Å². The summed E-state index contributed by atoms with van der Waals surface area (Å²) < 4.78 is 11.6. The van der Waals surface area contributed by atoms with Crippen LogP contribution < -0.4 is 30.4 Å². The molecule has 5 nitrogen and oxygen atoms in total. The van der Waals surface area contributed by atoms with Crippen LogP contribution in [-0.2, 0) is 0 Å². The lowest BCUT2D eigenvalue weighted by atomic mass is 9.36. The first-order valence-corrected chi connectivity index (χ1v) is 24.4. The zero-order valence-corrected chi connectivity index (χ0v) is 37.9. The van der Waals surface area contributed by atoms with Gasteiger partial charge in [-0.25, -0.2) is 0 Å². The molecule has 7 heteroatoms. The maximum atomic E-state index is 6.50. The molecule has 0 fully saturated rings. The maximum Gasteiger partial charge on any atom is 0.264 e. The van der Waals surface area contributed by atoms with Crippen LogP contribution in [0, 0.1) is 0 Å². The number of fused-ring (bicyclic) bond motifs is 14. The number of anilines is 9. The molecule has 0 N–H and O–H groups in total. The van der Waals surface area contributed by atoms with E-state index in [2.05, 4.69) is 244 Å². The van der Waals surface area contributed by atoms with Crippen LogP contribution in [0.3, 0.4) is 0 Å². The second kappa shape index (κ2) is 13.9. The molecule has 0 unspecified atom stereocenters. The van der Waals surface area contributed by atoms with E-state index in [1.165, 1.54) is 87.2 Å². The Balaban J connectivity index is 1.07. The van der Waals surface area contributed by atoms with Crippen LogP contribution in [0.2, 0.25) is 0 Å². The molecule has 16 rings (SSSR count). The van der Waals surface area contributed by atoms with Crippen molar-refractivity contribution in [2.75, 3.05) is 14.7 Å². The Morgan fingerprint density at radius 1 is 0.420 bits per heavy atom. The minimum Gasteiger partial charge on any atom is -0.456 e. The summed E-state index contributed by atoms with van der Waals surface area (Å²) in [5.74, 6) is 0. The molecule has 3 aromatic heterocycles. The van der Waals surface area contributed by atoms with Gasteiger partial charge in [0.2, 0.25) is 0 Å². The molecule has 3 aliphatic heterocycles. The van der Waals surface area contributed by atoms with Gasteiger partial charge in [-0.2, -0.15) is 0 Å². The van der Waals surface area contributed by atoms with Crippen LogP contribution in [0.1, 0.15) is 0 Å². The molecule has 3 aliphatic rings.